The third-order valence-corrected chi connectivity index (χ3v) is 2.21. The molecule has 0 aromatic heterocycles. The number of carbonyl (C=O) groups is 1. The average molecular weight is 234 g/mol. The predicted molar refractivity (Wildman–Crippen MR) is 51.2 cm³/mol. The summed E-state index contributed by atoms with van der Waals surface area (Å²) < 4.78 is 49.7. The van der Waals surface area contributed by atoms with Gasteiger partial charge in [-0.15, -0.1) is 0 Å². The fraction of sp³-hybridized carbons (Fsp3) is 0.364. The van der Waals surface area contributed by atoms with E-state index in [1.807, 2.05) is 0 Å². The van der Waals surface area contributed by atoms with E-state index in [9.17, 15) is 22.4 Å². The largest absolute Gasteiger partial charge is 0.368 e. The van der Waals surface area contributed by atoms with Crippen LogP contribution in [0.2, 0.25) is 0 Å². The minimum Gasteiger partial charge on any atom is -0.287 e. The SMILES string of the molecule is Cc1ccc(C)c(C(=O)C(F)(F)C(F)F)c1. The van der Waals surface area contributed by atoms with Crippen LogP contribution >= 0.6 is 0 Å². The fourth-order valence-corrected chi connectivity index (χ4v) is 1.26. The molecule has 1 aromatic carbocycles. The molecule has 0 fully saturated rings. The number of Topliss-reactive ketones (excluding diaryl/α,β-unsaturated/α-hetero) is 1. The first kappa shape index (κ1) is 12.7. The molecule has 0 radical (unpaired) electrons. The van der Waals surface area contributed by atoms with Crippen LogP contribution in [0.3, 0.4) is 0 Å². The van der Waals surface area contributed by atoms with E-state index in [1.54, 1.807) is 13.0 Å². The molecule has 0 saturated carbocycles. The number of carbonyl (C=O) groups excluding carboxylic acids is 1. The summed E-state index contributed by atoms with van der Waals surface area (Å²) in [6.45, 7) is 3.02. The van der Waals surface area contributed by atoms with Gasteiger partial charge in [-0.2, -0.15) is 8.78 Å². The lowest BCUT2D eigenvalue weighted by Gasteiger charge is -2.15. The highest BCUT2D eigenvalue weighted by atomic mass is 19.3. The molecular formula is C11H10F4O. The second-order valence-electron chi connectivity index (χ2n) is 3.57. The van der Waals surface area contributed by atoms with Crippen LogP contribution in [0.5, 0.6) is 0 Å². The molecule has 0 spiro atoms. The number of alkyl halides is 4. The highest BCUT2D eigenvalue weighted by Gasteiger charge is 2.49. The van der Waals surface area contributed by atoms with Crippen LogP contribution in [0.1, 0.15) is 21.5 Å². The van der Waals surface area contributed by atoms with Gasteiger partial charge in [-0.3, -0.25) is 4.79 Å². The molecule has 0 aliphatic rings. The lowest BCUT2D eigenvalue weighted by Crippen LogP contribution is -2.36. The maximum absolute atomic E-state index is 12.8. The molecule has 0 heterocycles. The first-order valence-corrected chi connectivity index (χ1v) is 4.55. The third kappa shape index (κ3) is 2.23. The Labute approximate surface area is 90.1 Å². The Morgan fingerprint density at radius 3 is 2.31 bits per heavy atom. The third-order valence-electron chi connectivity index (χ3n) is 2.21. The van der Waals surface area contributed by atoms with Gasteiger partial charge < -0.3 is 0 Å². The Bertz CT molecular complexity index is 412. The van der Waals surface area contributed by atoms with E-state index in [0.717, 1.165) is 0 Å². The van der Waals surface area contributed by atoms with Crippen molar-refractivity contribution in [2.45, 2.75) is 26.2 Å². The fourth-order valence-electron chi connectivity index (χ4n) is 1.26. The molecular weight excluding hydrogens is 224 g/mol. The van der Waals surface area contributed by atoms with Crippen molar-refractivity contribution in [3.63, 3.8) is 0 Å². The molecule has 5 heteroatoms. The first-order valence-electron chi connectivity index (χ1n) is 4.55. The van der Waals surface area contributed by atoms with E-state index in [2.05, 4.69) is 0 Å². The second kappa shape index (κ2) is 4.23. The lowest BCUT2D eigenvalue weighted by molar-refractivity contribution is -0.0958. The molecule has 0 amide bonds. The summed E-state index contributed by atoms with van der Waals surface area (Å²) in [6, 6.07) is 4.25. The smallest absolute Gasteiger partial charge is 0.287 e. The Balaban J connectivity index is 3.19. The van der Waals surface area contributed by atoms with Crippen LogP contribution in [0.15, 0.2) is 18.2 Å². The Morgan fingerprint density at radius 1 is 1.25 bits per heavy atom. The van der Waals surface area contributed by atoms with Gasteiger partial charge in [0.2, 0.25) is 5.78 Å². The van der Waals surface area contributed by atoms with Gasteiger partial charge in [0.1, 0.15) is 0 Å². The number of hydrogen-bond acceptors (Lipinski definition) is 1. The quantitative estimate of drug-likeness (QED) is 0.578. The summed E-state index contributed by atoms with van der Waals surface area (Å²) in [5.41, 5.74) is 0.472. The Hall–Kier alpha value is -1.39. The zero-order valence-corrected chi connectivity index (χ0v) is 8.73. The summed E-state index contributed by atoms with van der Waals surface area (Å²) in [4.78, 5) is 11.3. The zero-order valence-electron chi connectivity index (χ0n) is 8.73. The molecule has 0 aliphatic carbocycles. The molecule has 1 nitrogen and oxygen atoms in total. The molecule has 0 N–H and O–H groups in total. The van der Waals surface area contributed by atoms with E-state index in [1.165, 1.54) is 19.1 Å². The number of benzene rings is 1. The molecule has 16 heavy (non-hydrogen) atoms. The predicted octanol–water partition coefficient (Wildman–Crippen LogP) is 3.39. The highest BCUT2D eigenvalue weighted by molar-refractivity contribution is 6.02. The van der Waals surface area contributed by atoms with Gasteiger partial charge in [0.25, 0.3) is 0 Å². The summed E-state index contributed by atoms with van der Waals surface area (Å²) >= 11 is 0. The van der Waals surface area contributed by atoms with E-state index < -0.39 is 18.1 Å². The summed E-state index contributed by atoms with van der Waals surface area (Å²) in [6.07, 6.45) is -3.99. The van der Waals surface area contributed by atoms with Crippen molar-refractivity contribution >= 4 is 5.78 Å². The van der Waals surface area contributed by atoms with E-state index >= 15 is 0 Å². The average Bonchev–Trinajstić information content (AvgIpc) is 2.20. The van der Waals surface area contributed by atoms with Crippen molar-refractivity contribution in [2.24, 2.45) is 0 Å². The molecule has 0 bridgehead atoms. The van der Waals surface area contributed by atoms with Gasteiger partial charge in [-0.25, -0.2) is 8.78 Å². The Morgan fingerprint density at radius 2 is 1.81 bits per heavy atom. The highest BCUT2D eigenvalue weighted by Crippen LogP contribution is 2.28. The van der Waals surface area contributed by atoms with Crippen LogP contribution in [0.4, 0.5) is 17.6 Å². The number of ketones is 1. The maximum atomic E-state index is 12.8. The number of halogens is 4. The molecule has 0 atom stereocenters. The zero-order chi connectivity index (χ0) is 12.5. The second-order valence-corrected chi connectivity index (χ2v) is 3.57. The molecule has 1 rings (SSSR count). The summed E-state index contributed by atoms with van der Waals surface area (Å²) in [7, 11) is 0. The van der Waals surface area contributed by atoms with E-state index in [4.69, 9.17) is 0 Å². The van der Waals surface area contributed by atoms with Gasteiger partial charge in [0.05, 0.1) is 0 Å². The van der Waals surface area contributed by atoms with Crippen LogP contribution in [0, 0.1) is 13.8 Å². The van der Waals surface area contributed by atoms with Crippen molar-refractivity contribution in [2.75, 3.05) is 0 Å². The molecule has 0 saturated heterocycles. The van der Waals surface area contributed by atoms with Gasteiger partial charge >= 0.3 is 12.3 Å². The van der Waals surface area contributed by atoms with Gasteiger partial charge in [-0.05, 0) is 25.5 Å². The van der Waals surface area contributed by atoms with Crippen molar-refractivity contribution in [1.29, 1.82) is 0 Å². The molecule has 0 unspecified atom stereocenters. The molecule has 0 aliphatic heterocycles. The molecule has 88 valence electrons. The van der Waals surface area contributed by atoms with Crippen molar-refractivity contribution in [3.8, 4) is 0 Å². The van der Waals surface area contributed by atoms with Crippen LogP contribution in [0.25, 0.3) is 0 Å². The summed E-state index contributed by atoms with van der Waals surface area (Å²) in [5.74, 6) is -6.46. The Kier molecular flexibility index (Phi) is 3.35. The minimum atomic E-state index is -4.63. The van der Waals surface area contributed by atoms with Crippen molar-refractivity contribution in [3.05, 3.63) is 34.9 Å². The minimum absolute atomic E-state index is 0.260. The topological polar surface area (TPSA) is 17.1 Å². The standard InChI is InChI=1S/C11H10F4O/c1-6-3-4-7(2)8(5-6)9(16)11(14,15)10(12)13/h3-5,10H,1-2H3. The normalized spacial score (nSPS) is 11.9. The first-order chi connectivity index (χ1) is 7.26. The van der Waals surface area contributed by atoms with Crippen molar-refractivity contribution in [1.82, 2.24) is 0 Å². The van der Waals surface area contributed by atoms with Gasteiger partial charge in [0.15, 0.2) is 0 Å². The number of aryl methyl sites for hydroxylation is 2. The van der Waals surface area contributed by atoms with Crippen molar-refractivity contribution < 1.29 is 22.4 Å². The van der Waals surface area contributed by atoms with E-state index in [-0.39, 0.29) is 11.1 Å². The van der Waals surface area contributed by atoms with Crippen LogP contribution in [-0.2, 0) is 0 Å². The van der Waals surface area contributed by atoms with E-state index in [0.29, 0.717) is 5.56 Å². The van der Waals surface area contributed by atoms with Crippen LogP contribution < -0.4 is 0 Å². The molecule has 1 aromatic rings. The number of hydrogen-bond donors (Lipinski definition) is 0. The monoisotopic (exact) mass is 234 g/mol. The summed E-state index contributed by atoms with van der Waals surface area (Å²) in [5, 5.41) is 0. The number of rotatable bonds is 3. The maximum Gasteiger partial charge on any atom is 0.368 e. The van der Waals surface area contributed by atoms with Gasteiger partial charge in [0, 0.05) is 5.56 Å². The van der Waals surface area contributed by atoms with Gasteiger partial charge in [-0.1, -0.05) is 17.7 Å². The lowest BCUT2D eigenvalue weighted by atomic mass is 9.98. The van der Waals surface area contributed by atoms with Crippen LogP contribution in [-0.4, -0.2) is 18.1 Å².